The number of allylic oxidation sites excluding steroid dienone is 10. The molecule has 0 radical (unpaired) electrons. The summed E-state index contributed by atoms with van der Waals surface area (Å²) in [4.78, 5) is 0. The number of nitrogens with zero attached hydrogens (tertiary/aromatic N) is 1. The number of benzene rings is 2. The van der Waals surface area contributed by atoms with Gasteiger partial charge in [-0.3, -0.25) is 9.88 Å². The highest BCUT2D eigenvalue weighted by atomic mass is 28.3. The zero-order chi connectivity index (χ0) is 32.1. The van der Waals surface area contributed by atoms with E-state index in [1.807, 2.05) is 0 Å². The first kappa shape index (κ1) is 30.9. The minimum atomic E-state index is -2.12. The topological polar surface area (TPSA) is 15.3 Å². The lowest BCUT2D eigenvalue weighted by Gasteiger charge is -2.51. The Kier molecular flexibility index (Phi) is 7.14. The van der Waals surface area contributed by atoms with Gasteiger partial charge >= 0.3 is 0 Å². The standard InChI is InChI=1S/C42H54N2Si/c1-40(2,3)28-21-23-32-33-24-22-29(41(4,5)6)26-36(33)39(35(32)25-28)45(9,10)44-37-20-14-19-34(38(37)43-42(44,7)8)31-18-13-16-27-15-11-12-17-30(27)31/h11-26,32-33,35-39,43H,1-10H3/t32?,33?,35?,36?,37-,38?,39?/m1/s1. The number of fused-ring (bicyclic) bond motifs is 5. The molecule has 236 valence electrons. The first-order valence-electron chi connectivity index (χ1n) is 17.3. The summed E-state index contributed by atoms with van der Waals surface area (Å²) in [7, 11) is -2.12. The van der Waals surface area contributed by atoms with E-state index in [2.05, 4.69) is 176 Å². The summed E-state index contributed by atoms with van der Waals surface area (Å²) in [6.07, 6.45) is 22.8. The molecule has 5 aliphatic rings. The second kappa shape index (κ2) is 10.4. The predicted octanol–water partition coefficient (Wildman–Crippen LogP) is 10.3. The van der Waals surface area contributed by atoms with Crippen LogP contribution < -0.4 is 5.32 Å². The van der Waals surface area contributed by atoms with Crippen LogP contribution in [-0.4, -0.2) is 30.5 Å². The number of hydrogen-bond donors (Lipinski definition) is 1. The normalized spacial score (nSPS) is 32.6. The molecule has 0 spiro atoms. The second-order valence-electron chi connectivity index (χ2n) is 17.5. The van der Waals surface area contributed by atoms with Gasteiger partial charge < -0.3 is 0 Å². The molecule has 2 aromatic carbocycles. The molecule has 45 heavy (non-hydrogen) atoms. The monoisotopic (exact) mass is 614 g/mol. The van der Waals surface area contributed by atoms with Crippen LogP contribution in [0, 0.1) is 34.5 Å². The van der Waals surface area contributed by atoms with Crippen molar-refractivity contribution >= 4 is 24.6 Å². The summed E-state index contributed by atoms with van der Waals surface area (Å²) >= 11 is 0. The lowest BCUT2D eigenvalue weighted by Crippen LogP contribution is -2.64. The van der Waals surface area contributed by atoms with E-state index in [0.29, 0.717) is 35.3 Å². The average molecular weight is 615 g/mol. The molecule has 2 aromatic rings. The highest BCUT2D eigenvalue weighted by molar-refractivity contribution is 6.76. The molecule has 2 fully saturated rings. The van der Waals surface area contributed by atoms with Crippen molar-refractivity contribution in [3.63, 3.8) is 0 Å². The van der Waals surface area contributed by atoms with Gasteiger partial charge in [-0.1, -0.05) is 152 Å². The smallest absolute Gasteiger partial charge is 0.129 e. The predicted molar refractivity (Wildman–Crippen MR) is 196 cm³/mol. The molecule has 0 amide bonds. The fourth-order valence-electron chi connectivity index (χ4n) is 9.98. The van der Waals surface area contributed by atoms with Crippen molar-refractivity contribution in [1.29, 1.82) is 0 Å². The SMILES string of the molecule is CC(C)(C)C1=CC2C(C=C1)C1C=CC(C(C)(C)C)=CC1C2[Si](C)(C)N1[C@@H]2C=CC=C(c3cccc4ccccc34)C2NC1(C)C. The van der Waals surface area contributed by atoms with Gasteiger partial charge in [0, 0.05) is 6.04 Å². The van der Waals surface area contributed by atoms with E-state index in [4.69, 9.17) is 0 Å². The highest BCUT2D eigenvalue weighted by Crippen LogP contribution is 2.62. The molecule has 6 atom stereocenters. The molecule has 1 aliphatic heterocycles. The Morgan fingerprint density at radius 1 is 0.733 bits per heavy atom. The van der Waals surface area contributed by atoms with Gasteiger partial charge in [-0.25, -0.2) is 0 Å². The molecule has 1 saturated carbocycles. The molecule has 0 aromatic heterocycles. The van der Waals surface area contributed by atoms with E-state index < -0.39 is 8.24 Å². The van der Waals surface area contributed by atoms with Crippen LogP contribution in [0.25, 0.3) is 16.3 Å². The van der Waals surface area contributed by atoms with Crippen molar-refractivity contribution in [2.75, 3.05) is 0 Å². The highest BCUT2D eigenvalue weighted by Gasteiger charge is 2.62. The lowest BCUT2D eigenvalue weighted by atomic mass is 9.74. The van der Waals surface area contributed by atoms with E-state index in [0.717, 1.165) is 0 Å². The Labute approximate surface area is 273 Å². The van der Waals surface area contributed by atoms with Crippen molar-refractivity contribution < 1.29 is 0 Å². The zero-order valence-electron chi connectivity index (χ0n) is 29.2. The van der Waals surface area contributed by atoms with Gasteiger partial charge in [-0.05, 0) is 86.9 Å². The van der Waals surface area contributed by atoms with E-state index >= 15 is 0 Å². The van der Waals surface area contributed by atoms with E-state index in [-0.39, 0.29) is 22.5 Å². The minimum Gasteiger partial charge on any atom is -0.299 e. The molecular weight excluding hydrogens is 561 g/mol. The van der Waals surface area contributed by atoms with Gasteiger partial charge in [0.1, 0.15) is 8.24 Å². The molecule has 4 aliphatic carbocycles. The van der Waals surface area contributed by atoms with E-state index in [1.165, 1.54) is 33.1 Å². The molecule has 1 heterocycles. The molecule has 1 saturated heterocycles. The van der Waals surface area contributed by atoms with Crippen molar-refractivity contribution in [3.05, 3.63) is 114 Å². The van der Waals surface area contributed by atoms with Crippen molar-refractivity contribution in [2.24, 2.45) is 34.5 Å². The fraction of sp³-hybridized carbons (Fsp3) is 0.476. The van der Waals surface area contributed by atoms with Crippen LogP contribution in [0.2, 0.25) is 18.6 Å². The summed E-state index contributed by atoms with van der Waals surface area (Å²) in [5, 5.41) is 6.88. The van der Waals surface area contributed by atoms with Crippen LogP contribution in [0.4, 0.5) is 0 Å². The third kappa shape index (κ3) is 4.96. The first-order chi connectivity index (χ1) is 21.1. The summed E-state index contributed by atoms with van der Waals surface area (Å²) < 4.78 is 3.01. The Morgan fingerprint density at radius 2 is 1.31 bits per heavy atom. The fourth-order valence-corrected chi connectivity index (χ4v) is 15.3. The van der Waals surface area contributed by atoms with Gasteiger partial charge in [0.15, 0.2) is 0 Å². The molecular formula is C42H54N2Si. The average Bonchev–Trinajstić information content (AvgIpc) is 3.46. The summed E-state index contributed by atoms with van der Waals surface area (Å²) in [5.74, 6) is 2.23. The lowest BCUT2D eigenvalue weighted by molar-refractivity contribution is 0.226. The number of nitrogens with one attached hydrogen (secondary N) is 1. The maximum Gasteiger partial charge on any atom is 0.129 e. The van der Waals surface area contributed by atoms with E-state index in [9.17, 15) is 0 Å². The summed E-state index contributed by atoms with van der Waals surface area (Å²) in [5.41, 5.74) is 6.59. The first-order valence-corrected chi connectivity index (χ1v) is 20.4. The third-order valence-electron chi connectivity index (χ3n) is 11.8. The van der Waals surface area contributed by atoms with Gasteiger partial charge in [-0.2, -0.15) is 0 Å². The number of rotatable bonds is 3. The molecule has 0 bridgehead atoms. The van der Waals surface area contributed by atoms with Crippen molar-refractivity contribution in [2.45, 2.75) is 91.8 Å². The molecule has 1 N–H and O–H groups in total. The van der Waals surface area contributed by atoms with Gasteiger partial charge in [0.25, 0.3) is 0 Å². The Hall–Kier alpha value is -2.72. The van der Waals surface area contributed by atoms with Gasteiger partial charge in [-0.15, -0.1) is 0 Å². The summed E-state index contributed by atoms with van der Waals surface area (Å²) in [6, 6.07) is 16.3. The Balaban J connectivity index is 1.33. The van der Waals surface area contributed by atoms with Crippen LogP contribution in [0.5, 0.6) is 0 Å². The summed E-state index contributed by atoms with van der Waals surface area (Å²) in [6.45, 7) is 24.6. The van der Waals surface area contributed by atoms with Crippen molar-refractivity contribution in [3.8, 4) is 0 Å². The Morgan fingerprint density at radius 3 is 1.91 bits per heavy atom. The van der Waals surface area contributed by atoms with Crippen LogP contribution >= 0.6 is 0 Å². The van der Waals surface area contributed by atoms with E-state index in [1.54, 1.807) is 0 Å². The maximum absolute atomic E-state index is 4.22. The molecule has 2 nitrogen and oxygen atoms in total. The van der Waals surface area contributed by atoms with Crippen LogP contribution in [-0.2, 0) is 0 Å². The largest absolute Gasteiger partial charge is 0.299 e. The van der Waals surface area contributed by atoms with Crippen LogP contribution in [0.3, 0.4) is 0 Å². The zero-order valence-corrected chi connectivity index (χ0v) is 30.2. The second-order valence-corrected chi connectivity index (χ2v) is 22.0. The van der Waals surface area contributed by atoms with Crippen LogP contribution in [0.1, 0.15) is 61.0 Å². The maximum atomic E-state index is 4.22. The third-order valence-corrected chi connectivity index (χ3v) is 16.3. The minimum absolute atomic E-state index is 0.126. The Bertz CT molecular complexity index is 1640. The van der Waals surface area contributed by atoms with Gasteiger partial charge in [0.05, 0.1) is 11.7 Å². The van der Waals surface area contributed by atoms with Crippen molar-refractivity contribution in [1.82, 2.24) is 9.88 Å². The van der Waals surface area contributed by atoms with Gasteiger partial charge in [0.2, 0.25) is 0 Å². The molecule has 5 unspecified atom stereocenters. The number of hydrogen-bond acceptors (Lipinski definition) is 2. The molecule has 3 heteroatoms. The molecule has 7 rings (SSSR count). The van der Waals surface area contributed by atoms with Crippen LogP contribution in [0.15, 0.2) is 108 Å². The quantitative estimate of drug-likeness (QED) is 0.346.